The Bertz CT molecular complexity index is 821. The number of imidazole rings is 1. The zero-order valence-electron chi connectivity index (χ0n) is 11.1. The van der Waals surface area contributed by atoms with E-state index in [9.17, 15) is 0 Å². The van der Waals surface area contributed by atoms with Gasteiger partial charge in [-0.25, -0.2) is 4.98 Å². The number of aromatic nitrogens is 5. The molecule has 0 aliphatic heterocycles. The third-order valence-electron chi connectivity index (χ3n) is 3.38. The van der Waals surface area contributed by atoms with E-state index in [2.05, 4.69) is 21.3 Å². The lowest BCUT2D eigenvalue weighted by atomic mass is 10.2. The SMILES string of the molecule is CC(c1nncn1C)n1c(N)nc2c(C#N)cccc21. The Morgan fingerprint density at radius 1 is 1.40 bits per heavy atom. The van der Waals surface area contributed by atoms with Crippen molar-refractivity contribution in [3.8, 4) is 6.07 Å². The third-order valence-corrected chi connectivity index (χ3v) is 3.38. The van der Waals surface area contributed by atoms with Crippen molar-refractivity contribution >= 4 is 17.0 Å². The van der Waals surface area contributed by atoms with E-state index in [1.54, 1.807) is 12.4 Å². The Kier molecular flexibility index (Phi) is 2.64. The molecular weight excluding hydrogens is 254 g/mol. The number of fused-ring (bicyclic) bond motifs is 1. The second kappa shape index (κ2) is 4.35. The van der Waals surface area contributed by atoms with Crippen LogP contribution in [0.2, 0.25) is 0 Å². The molecule has 0 aliphatic carbocycles. The summed E-state index contributed by atoms with van der Waals surface area (Å²) in [7, 11) is 1.88. The van der Waals surface area contributed by atoms with E-state index in [0.29, 0.717) is 17.0 Å². The van der Waals surface area contributed by atoms with Crippen LogP contribution in [0.25, 0.3) is 11.0 Å². The van der Waals surface area contributed by atoms with Crippen LogP contribution in [0.5, 0.6) is 0 Å². The highest BCUT2D eigenvalue weighted by atomic mass is 15.3. The Hall–Kier alpha value is -2.88. The summed E-state index contributed by atoms with van der Waals surface area (Å²) in [6.07, 6.45) is 1.64. The number of nitriles is 1. The smallest absolute Gasteiger partial charge is 0.201 e. The molecule has 7 nitrogen and oxygen atoms in total. The first-order chi connectivity index (χ1) is 9.63. The van der Waals surface area contributed by atoms with Gasteiger partial charge in [-0.1, -0.05) is 6.07 Å². The lowest BCUT2D eigenvalue weighted by Gasteiger charge is -2.14. The van der Waals surface area contributed by atoms with Gasteiger partial charge in [-0.3, -0.25) is 4.57 Å². The fourth-order valence-electron chi connectivity index (χ4n) is 2.42. The highest BCUT2D eigenvalue weighted by molar-refractivity contribution is 5.84. The van der Waals surface area contributed by atoms with Crippen LogP contribution in [0.15, 0.2) is 24.5 Å². The average Bonchev–Trinajstić information content (AvgIpc) is 3.00. The van der Waals surface area contributed by atoms with Gasteiger partial charge in [-0.05, 0) is 19.1 Å². The van der Waals surface area contributed by atoms with Gasteiger partial charge in [0.15, 0.2) is 5.82 Å². The predicted molar refractivity (Wildman–Crippen MR) is 73.7 cm³/mol. The van der Waals surface area contributed by atoms with E-state index in [1.165, 1.54) is 0 Å². The number of benzene rings is 1. The maximum absolute atomic E-state index is 9.14. The molecule has 0 saturated heterocycles. The highest BCUT2D eigenvalue weighted by Crippen LogP contribution is 2.27. The average molecular weight is 267 g/mol. The number of hydrogen-bond acceptors (Lipinski definition) is 5. The van der Waals surface area contributed by atoms with E-state index < -0.39 is 0 Å². The quantitative estimate of drug-likeness (QED) is 0.752. The minimum atomic E-state index is -0.124. The number of hydrogen-bond donors (Lipinski definition) is 1. The van der Waals surface area contributed by atoms with Gasteiger partial charge in [0.05, 0.1) is 17.1 Å². The van der Waals surface area contributed by atoms with Crippen LogP contribution in [-0.4, -0.2) is 24.3 Å². The molecule has 0 bridgehead atoms. The first-order valence-corrected chi connectivity index (χ1v) is 6.14. The molecule has 0 spiro atoms. The van der Waals surface area contributed by atoms with Crippen LogP contribution in [0, 0.1) is 11.3 Å². The molecule has 7 heteroatoms. The lowest BCUT2D eigenvalue weighted by molar-refractivity contribution is 0.594. The number of anilines is 1. The summed E-state index contributed by atoms with van der Waals surface area (Å²) in [4.78, 5) is 4.31. The standard InChI is InChI=1S/C13H13N7/c1-8(12-18-16-7-19(12)2)20-10-5-3-4-9(6-14)11(10)17-13(20)15/h3-5,7-8H,1-2H3,(H2,15,17). The van der Waals surface area contributed by atoms with Gasteiger partial charge in [-0.2, -0.15) is 5.26 Å². The van der Waals surface area contributed by atoms with Crippen molar-refractivity contribution in [2.24, 2.45) is 7.05 Å². The second-order valence-corrected chi connectivity index (χ2v) is 4.60. The van der Waals surface area contributed by atoms with Gasteiger partial charge >= 0.3 is 0 Å². The zero-order chi connectivity index (χ0) is 14.3. The number of aryl methyl sites for hydroxylation is 1. The fourth-order valence-corrected chi connectivity index (χ4v) is 2.42. The first-order valence-electron chi connectivity index (χ1n) is 6.14. The molecule has 2 N–H and O–H groups in total. The Morgan fingerprint density at radius 3 is 2.85 bits per heavy atom. The summed E-state index contributed by atoms with van der Waals surface area (Å²) >= 11 is 0. The Balaban J connectivity index is 2.25. The number of nitrogen functional groups attached to an aromatic ring is 1. The molecular formula is C13H13N7. The van der Waals surface area contributed by atoms with Gasteiger partial charge < -0.3 is 10.3 Å². The molecule has 0 amide bonds. The molecule has 1 atom stereocenters. The van der Waals surface area contributed by atoms with Crippen molar-refractivity contribution in [1.29, 1.82) is 5.26 Å². The van der Waals surface area contributed by atoms with Crippen molar-refractivity contribution in [2.75, 3.05) is 5.73 Å². The molecule has 1 unspecified atom stereocenters. The van der Waals surface area contributed by atoms with E-state index in [-0.39, 0.29) is 6.04 Å². The topological polar surface area (TPSA) is 98.3 Å². The predicted octanol–water partition coefficient (Wildman–Crippen LogP) is 1.23. The van der Waals surface area contributed by atoms with E-state index >= 15 is 0 Å². The van der Waals surface area contributed by atoms with Crippen LogP contribution in [0.1, 0.15) is 24.4 Å². The van der Waals surface area contributed by atoms with Gasteiger partial charge in [0.2, 0.25) is 5.95 Å². The van der Waals surface area contributed by atoms with Crippen molar-refractivity contribution in [1.82, 2.24) is 24.3 Å². The summed E-state index contributed by atoms with van der Waals surface area (Å²) in [5.74, 6) is 1.14. The monoisotopic (exact) mass is 267 g/mol. The molecule has 0 fully saturated rings. The van der Waals surface area contributed by atoms with Crippen LogP contribution >= 0.6 is 0 Å². The molecule has 0 saturated carbocycles. The minimum absolute atomic E-state index is 0.124. The number of nitrogens with zero attached hydrogens (tertiary/aromatic N) is 6. The number of para-hydroxylation sites is 1. The summed E-state index contributed by atoms with van der Waals surface area (Å²) in [5.41, 5.74) is 7.96. The van der Waals surface area contributed by atoms with Crippen molar-refractivity contribution in [2.45, 2.75) is 13.0 Å². The van der Waals surface area contributed by atoms with Crippen LogP contribution in [0.3, 0.4) is 0 Å². The summed E-state index contributed by atoms with van der Waals surface area (Å²) < 4.78 is 3.70. The van der Waals surface area contributed by atoms with Crippen molar-refractivity contribution < 1.29 is 0 Å². The van der Waals surface area contributed by atoms with Crippen LogP contribution in [-0.2, 0) is 7.05 Å². The Morgan fingerprint density at radius 2 is 2.20 bits per heavy atom. The van der Waals surface area contributed by atoms with E-state index in [1.807, 2.05) is 35.2 Å². The molecule has 100 valence electrons. The normalized spacial score (nSPS) is 12.4. The molecule has 3 aromatic rings. The number of rotatable bonds is 2. The van der Waals surface area contributed by atoms with Crippen molar-refractivity contribution in [3.05, 3.63) is 35.9 Å². The molecule has 1 aromatic carbocycles. The second-order valence-electron chi connectivity index (χ2n) is 4.60. The first kappa shape index (κ1) is 12.2. The number of nitrogens with two attached hydrogens (primary N) is 1. The summed E-state index contributed by atoms with van der Waals surface area (Å²) in [6, 6.07) is 7.45. The summed E-state index contributed by atoms with van der Waals surface area (Å²) in [6.45, 7) is 1.97. The van der Waals surface area contributed by atoms with E-state index in [4.69, 9.17) is 11.0 Å². The Labute approximate surface area is 115 Å². The maximum Gasteiger partial charge on any atom is 0.201 e. The van der Waals surface area contributed by atoms with Gasteiger partial charge in [0, 0.05) is 7.05 Å². The third kappa shape index (κ3) is 1.62. The highest BCUT2D eigenvalue weighted by Gasteiger charge is 2.20. The molecule has 20 heavy (non-hydrogen) atoms. The molecule has 2 heterocycles. The molecule has 2 aromatic heterocycles. The van der Waals surface area contributed by atoms with Crippen molar-refractivity contribution in [3.63, 3.8) is 0 Å². The zero-order valence-corrected chi connectivity index (χ0v) is 11.1. The molecule has 3 rings (SSSR count). The van der Waals surface area contributed by atoms with Gasteiger partial charge in [0.25, 0.3) is 0 Å². The fraction of sp³-hybridized carbons (Fsp3) is 0.231. The maximum atomic E-state index is 9.14. The lowest BCUT2D eigenvalue weighted by Crippen LogP contribution is -2.14. The van der Waals surface area contributed by atoms with Crippen LogP contribution in [0.4, 0.5) is 5.95 Å². The largest absolute Gasteiger partial charge is 0.369 e. The molecule has 0 aliphatic rings. The van der Waals surface area contributed by atoms with Crippen LogP contribution < -0.4 is 5.73 Å². The minimum Gasteiger partial charge on any atom is -0.369 e. The summed E-state index contributed by atoms with van der Waals surface area (Å²) in [5, 5.41) is 17.1. The molecule has 0 radical (unpaired) electrons. The van der Waals surface area contributed by atoms with Gasteiger partial charge in [0.1, 0.15) is 17.9 Å². The van der Waals surface area contributed by atoms with Gasteiger partial charge in [-0.15, -0.1) is 10.2 Å². The van der Waals surface area contributed by atoms with E-state index in [0.717, 1.165) is 11.3 Å².